The van der Waals surface area contributed by atoms with E-state index in [0.29, 0.717) is 19.6 Å². The molecule has 1 amide bonds. The van der Waals surface area contributed by atoms with Crippen LogP contribution in [0.15, 0.2) is 30.3 Å². The predicted molar refractivity (Wildman–Crippen MR) is 68.6 cm³/mol. The molecule has 0 spiro atoms. The highest BCUT2D eigenvalue weighted by atomic mass is 16.5. The van der Waals surface area contributed by atoms with E-state index in [1.807, 2.05) is 30.3 Å². The molecule has 5 nitrogen and oxygen atoms in total. The summed E-state index contributed by atoms with van der Waals surface area (Å²) in [7, 11) is 0. The zero-order chi connectivity index (χ0) is 13.7. The summed E-state index contributed by atoms with van der Waals surface area (Å²) in [4.78, 5) is 23.1. The molecule has 2 rings (SSSR count). The summed E-state index contributed by atoms with van der Waals surface area (Å²) in [5, 5.41) is 11.8. The highest BCUT2D eigenvalue weighted by Crippen LogP contribution is 2.13. The Morgan fingerprint density at radius 3 is 2.68 bits per heavy atom. The van der Waals surface area contributed by atoms with Crippen LogP contribution < -0.4 is 5.32 Å². The maximum absolute atomic E-state index is 11.9. The summed E-state index contributed by atoms with van der Waals surface area (Å²) in [6.07, 6.45) is 0.943. The van der Waals surface area contributed by atoms with Gasteiger partial charge in [0.25, 0.3) is 0 Å². The van der Waals surface area contributed by atoms with Crippen molar-refractivity contribution in [2.75, 3.05) is 13.2 Å². The molecule has 1 aromatic carbocycles. The topological polar surface area (TPSA) is 75.6 Å². The molecule has 0 saturated carbocycles. The number of amides is 1. The molecule has 5 heteroatoms. The molecule has 1 fully saturated rings. The van der Waals surface area contributed by atoms with Gasteiger partial charge < -0.3 is 15.2 Å². The van der Waals surface area contributed by atoms with Gasteiger partial charge in [-0.15, -0.1) is 0 Å². The van der Waals surface area contributed by atoms with Crippen LogP contribution in [-0.4, -0.2) is 36.2 Å². The number of hydrogen-bond donors (Lipinski definition) is 2. The summed E-state index contributed by atoms with van der Waals surface area (Å²) < 4.78 is 5.13. The lowest BCUT2D eigenvalue weighted by Crippen LogP contribution is -2.45. The Morgan fingerprint density at radius 2 is 2.11 bits per heavy atom. The average Bonchev–Trinajstić information content (AvgIpc) is 2.93. The van der Waals surface area contributed by atoms with Crippen molar-refractivity contribution in [1.82, 2.24) is 5.32 Å². The molecule has 1 aromatic rings. The summed E-state index contributed by atoms with van der Waals surface area (Å²) in [6, 6.07) is 8.37. The fourth-order valence-electron chi connectivity index (χ4n) is 2.08. The van der Waals surface area contributed by atoms with Crippen molar-refractivity contribution in [2.45, 2.75) is 18.9 Å². The molecule has 2 N–H and O–H groups in total. The monoisotopic (exact) mass is 263 g/mol. The molecule has 19 heavy (non-hydrogen) atoms. The molecule has 0 unspecified atom stereocenters. The van der Waals surface area contributed by atoms with Crippen LogP contribution in [0, 0.1) is 5.92 Å². The lowest BCUT2D eigenvalue weighted by atomic mass is 10.0. The predicted octanol–water partition coefficient (Wildman–Crippen LogP) is 0.835. The van der Waals surface area contributed by atoms with Crippen molar-refractivity contribution >= 4 is 11.9 Å². The lowest BCUT2D eigenvalue weighted by Gasteiger charge is -2.16. The number of carboxylic acids is 1. The van der Waals surface area contributed by atoms with Crippen molar-refractivity contribution in [2.24, 2.45) is 5.92 Å². The van der Waals surface area contributed by atoms with Gasteiger partial charge in [-0.1, -0.05) is 30.3 Å². The smallest absolute Gasteiger partial charge is 0.326 e. The van der Waals surface area contributed by atoms with E-state index in [0.717, 1.165) is 5.56 Å². The van der Waals surface area contributed by atoms with Gasteiger partial charge in [-0.25, -0.2) is 4.79 Å². The molecule has 2 atom stereocenters. The molecule has 102 valence electrons. The molecule has 1 aliphatic rings. The van der Waals surface area contributed by atoms with Crippen molar-refractivity contribution in [3.8, 4) is 0 Å². The minimum Gasteiger partial charge on any atom is -0.480 e. The maximum Gasteiger partial charge on any atom is 0.326 e. The second kappa shape index (κ2) is 6.33. The van der Waals surface area contributed by atoms with Gasteiger partial charge in [-0.2, -0.15) is 0 Å². The third kappa shape index (κ3) is 3.79. The van der Waals surface area contributed by atoms with Gasteiger partial charge in [-0.3, -0.25) is 4.79 Å². The van der Waals surface area contributed by atoms with E-state index in [2.05, 4.69) is 5.32 Å². The fraction of sp³-hybridized carbons (Fsp3) is 0.429. The summed E-state index contributed by atoms with van der Waals surface area (Å²) >= 11 is 0. The zero-order valence-corrected chi connectivity index (χ0v) is 10.5. The first-order chi connectivity index (χ1) is 9.16. The summed E-state index contributed by atoms with van der Waals surface area (Å²) in [6.45, 7) is 0.942. The first-order valence-electron chi connectivity index (χ1n) is 6.31. The van der Waals surface area contributed by atoms with Crippen LogP contribution in [0.1, 0.15) is 12.0 Å². The Kier molecular flexibility index (Phi) is 4.52. The van der Waals surface area contributed by atoms with E-state index >= 15 is 0 Å². The van der Waals surface area contributed by atoms with Gasteiger partial charge in [0.2, 0.25) is 5.91 Å². The van der Waals surface area contributed by atoms with Gasteiger partial charge in [0, 0.05) is 13.0 Å². The SMILES string of the molecule is O=C(N[C@H](Cc1ccccc1)C(=O)O)[C@H]1CCOC1. The molecule has 1 aliphatic heterocycles. The molecule has 0 bridgehead atoms. The van der Waals surface area contributed by atoms with Crippen LogP contribution in [0.3, 0.4) is 0 Å². The third-order valence-electron chi connectivity index (χ3n) is 3.20. The minimum atomic E-state index is -1.02. The summed E-state index contributed by atoms with van der Waals surface area (Å²) in [5.74, 6) is -1.48. The number of ether oxygens (including phenoxy) is 1. The Hall–Kier alpha value is -1.88. The van der Waals surface area contributed by atoms with E-state index in [4.69, 9.17) is 4.74 Å². The lowest BCUT2D eigenvalue weighted by molar-refractivity contribution is -0.142. The number of benzene rings is 1. The number of carbonyl (C=O) groups is 2. The summed E-state index contributed by atoms with van der Waals surface area (Å²) in [5.41, 5.74) is 0.887. The maximum atomic E-state index is 11.9. The standard InChI is InChI=1S/C14H17NO4/c16-13(11-6-7-19-9-11)15-12(14(17)18)8-10-4-2-1-3-5-10/h1-5,11-12H,6-9H2,(H,15,16)(H,17,18)/t11-,12+/m0/s1. The molecule has 0 aliphatic carbocycles. The first kappa shape index (κ1) is 13.5. The van der Waals surface area contributed by atoms with Crippen LogP contribution in [0.4, 0.5) is 0 Å². The van der Waals surface area contributed by atoms with Crippen LogP contribution in [0.5, 0.6) is 0 Å². The first-order valence-corrected chi connectivity index (χ1v) is 6.31. The second-order valence-corrected chi connectivity index (χ2v) is 4.65. The fourth-order valence-corrected chi connectivity index (χ4v) is 2.08. The highest BCUT2D eigenvalue weighted by molar-refractivity contribution is 5.85. The molecule has 0 radical (unpaired) electrons. The number of nitrogens with one attached hydrogen (secondary N) is 1. The number of rotatable bonds is 5. The van der Waals surface area contributed by atoms with Crippen LogP contribution in [-0.2, 0) is 20.7 Å². The normalized spacial score (nSPS) is 19.9. The Balaban J connectivity index is 1.96. The van der Waals surface area contributed by atoms with Crippen LogP contribution >= 0.6 is 0 Å². The van der Waals surface area contributed by atoms with E-state index in [-0.39, 0.29) is 18.2 Å². The molecular formula is C14H17NO4. The van der Waals surface area contributed by atoms with Crippen LogP contribution in [0.25, 0.3) is 0 Å². The highest BCUT2D eigenvalue weighted by Gasteiger charge is 2.28. The third-order valence-corrected chi connectivity index (χ3v) is 3.20. The zero-order valence-electron chi connectivity index (χ0n) is 10.5. The van der Waals surface area contributed by atoms with Crippen molar-refractivity contribution in [3.63, 3.8) is 0 Å². The van der Waals surface area contributed by atoms with Gasteiger partial charge in [0.1, 0.15) is 6.04 Å². The quantitative estimate of drug-likeness (QED) is 0.825. The van der Waals surface area contributed by atoms with Crippen molar-refractivity contribution in [3.05, 3.63) is 35.9 Å². The van der Waals surface area contributed by atoms with Crippen molar-refractivity contribution in [1.29, 1.82) is 0 Å². The number of carboxylic acid groups (broad SMARTS) is 1. The number of aliphatic carboxylic acids is 1. The molecule has 1 saturated heterocycles. The minimum absolute atomic E-state index is 0.224. The average molecular weight is 263 g/mol. The van der Waals surface area contributed by atoms with Gasteiger partial charge in [-0.05, 0) is 12.0 Å². The number of carbonyl (C=O) groups excluding carboxylic acids is 1. The van der Waals surface area contributed by atoms with Crippen molar-refractivity contribution < 1.29 is 19.4 Å². The van der Waals surface area contributed by atoms with E-state index < -0.39 is 12.0 Å². The number of hydrogen-bond acceptors (Lipinski definition) is 3. The second-order valence-electron chi connectivity index (χ2n) is 4.65. The van der Waals surface area contributed by atoms with E-state index in [9.17, 15) is 14.7 Å². The Bertz CT molecular complexity index is 440. The Morgan fingerprint density at radius 1 is 1.37 bits per heavy atom. The largest absolute Gasteiger partial charge is 0.480 e. The molecule has 0 aromatic heterocycles. The van der Waals surface area contributed by atoms with Crippen LogP contribution in [0.2, 0.25) is 0 Å². The van der Waals surface area contributed by atoms with Gasteiger partial charge >= 0.3 is 5.97 Å². The molecular weight excluding hydrogens is 246 g/mol. The van der Waals surface area contributed by atoms with Gasteiger partial charge in [0.15, 0.2) is 0 Å². The van der Waals surface area contributed by atoms with E-state index in [1.165, 1.54) is 0 Å². The molecule has 1 heterocycles. The Labute approximate surface area is 111 Å². The van der Waals surface area contributed by atoms with Gasteiger partial charge in [0.05, 0.1) is 12.5 Å². The van der Waals surface area contributed by atoms with E-state index in [1.54, 1.807) is 0 Å².